The molecule has 1 N–H and O–H groups in total. The van der Waals surface area contributed by atoms with Crippen LogP contribution in [-0.4, -0.2) is 55.4 Å². The number of nitrogens with one attached hydrogen (secondary N) is 1. The van der Waals surface area contributed by atoms with Crippen LogP contribution < -0.4 is 5.32 Å². The van der Waals surface area contributed by atoms with Crippen LogP contribution in [0.15, 0.2) is 48.5 Å². The van der Waals surface area contributed by atoms with Gasteiger partial charge in [-0.15, -0.1) is 0 Å². The summed E-state index contributed by atoms with van der Waals surface area (Å²) in [6, 6.07) is 10.7. The van der Waals surface area contributed by atoms with E-state index in [1.165, 1.54) is 24.3 Å². The summed E-state index contributed by atoms with van der Waals surface area (Å²) < 4.78 is 67.2. The fourth-order valence-corrected chi connectivity index (χ4v) is 5.17. The van der Waals surface area contributed by atoms with Gasteiger partial charge < -0.3 is 19.7 Å². The second kappa shape index (κ2) is 9.31. The second-order valence-electron chi connectivity index (χ2n) is 8.62. The number of methoxy groups -OCH3 is 1. The average molecular weight is 515 g/mol. The molecule has 2 aliphatic rings. The number of rotatable bonds is 4. The number of hydrogen-bond donors (Lipinski definition) is 1. The Morgan fingerprint density at radius 1 is 1.17 bits per heavy atom. The number of ether oxygens (including phenoxy) is 2. The number of piperidine rings is 1. The van der Waals surface area contributed by atoms with Crippen LogP contribution in [0.1, 0.15) is 29.9 Å². The highest BCUT2D eigenvalue weighted by atomic mass is 35.5. The van der Waals surface area contributed by atoms with Crippen LogP contribution in [-0.2, 0) is 19.9 Å². The van der Waals surface area contributed by atoms with Crippen molar-refractivity contribution in [2.45, 2.75) is 36.1 Å². The minimum absolute atomic E-state index is 0.0299. The van der Waals surface area contributed by atoms with Crippen LogP contribution in [0.2, 0.25) is 5.02 Å². The predicted octanol–water partition coefficient (Wildman–Crippen LogP) is 4.77. The lowest BCUT2D eigenvalue weighted by atomic mass is 9.74. The van der Waals surface area contributed by atoms with E-state index in [-0.39, 0.29) is 43.4 Å². The third-order valence-corrected chi connectivity index (χ3v) is 7.02. The average Bonchev–Trinajstić information content (AvgIpc) is 2.80. The Balaban J connectivity index is 1.63. The molecule has 35 heavy (non-hydrogen) atoms. The number of alkyl halides is 3. The maximum atomic E-state index is 14.4. The largest absolute Gasteiger partial charge is 0.442 e. The molecule has 0 radical (unpaired) electrons. The molecule has 0 aliphatic carbocycles. The van der Waals surface area contributed by atoms with Crippen molar-refractivity contribution in [1.82, 2.24) is 10.2 Å². The van der Waals surface area contributed by atoms with Gasteiger partial charge in [-0.05, 0) is 29.8 Å². The number of benzene rings is 2. The van der Waals surface area contributed by atoms with Gasteiger partial charge in [0.2, 0.25) is 0 Å². The molecule has 2 saturated heterocycles. The zero-order chi connectivity index (χ0) is 25.4. The number of carbonyl (C=O) groups is 2. The van der Waals surface area contributed by atoms with Gasteiger partial charge in [0, 0.05) is 56.1 Å². The van der Waals surface area contributed by atoms with E-state index in [1.807, 2.05) is 0 Å². The lowest BCUT2D eigenvalue weighted by molar-refractivity contribution is -0.271. The molecule has 2 heterocycles. The third kappa shape index (κ3) is 4.45. The van der Waals surface area contributed by atoms with E-state index in [0.717, 1.165) is 24.1 Å². The molecule has 0 bridgehead atoms. The van der Waals surface area contributed by atoms with Crippen LogP contribution in [0, 0.1) is 5.82 Å². The number of carbonyl (C=O) groups excluding carboxylic acids is 2. The summed E-state index contributed by atoms with van der Waals surface area (Å²) in [4.78, 5) is 26.6. The third-order valence-electron chi connectivity index (χ3n) is 6.79. The summed E-state index contributed by atoms with van der Waals surface area (Å²) in [6.45, 7) is 0.00259. The molecule has 188 valence electrons. The molecule has 4 rings (SSSR count). The van der Waals surface area contributed by atoms with Crippen LogP contribution in [0.25, 0.3) is 0 Å². The SMILES string of the molecule is CO[C@@](C(=O)N1CCC2(CC1)OC(=O)NC[C@H]2c1ccc(F)cc1)(c1cccc(Cl)c1)C(F)(F)F. The number of nitrogens with zero attached hydrogens (tertiary/aromatic N) is 1. The number of halogens is 5. The Hall–Kier alpha value is -2.85. The van der Waals surface area contributed by atoms with Crippen LogP contribution >= 0.6 is 11.6 Å². The molecule has 2 atom stereocenters. The highest BCUT2D eigenvalue weighted by molar-refractivity contribution is 6.30. The molecule has 0 aromatic heterocycles. The van der Waals surface area contributed by atoms with Gasteiger partial charge in [0.15, 0.2) is 0 Å². The molecule has 1 spiro atoms. The summed E-state index contributed by atoms with van der Waals surface area (Å²) >= 11 is 5.92. The molecule has 11 heteroatoms. The van der Waals surface area contributed by atoms with Crippen molar-refractivity contribution < 1.29 is 36.6 Å². The molecule has 0 unspecified atom stereocenters. The van der Waals surface area contributed by atoms with E-state index in [2.05, 4.69) is 5.32 Å². The van der Waals surface area contributed by atoms with E-state index >= 15 is 0 Å². The van der Waals surface area contributed by atoms with Gasteiger partial charge in [-0.1, -0.05) is 35.9 Å². The lowest BCUT2D eigenvalue weighted by Gasteiger charge is -2.49. The Morgan fingerprint density at radius 3 is 2.40 bits per heavy atom. The van der Waals surface area contributed by atoms with Gasteiger partial charge >= 0.3 is 12.3 Å². The molecule has 2 fully saturated rings. The molecule has 2 aliphatic heterocycles. The van der Waals surface area contributed by atoms with Gasteiger partial charge in [-0.25, -0.2) is 9.18 Å². The normalized spacial score (nSPS) is 21.7. The zero-order valence-corrected chi connectivity index (χ0v) is 19.5. The molecule has 2 aromatic rings. The first-order valence-electron chi connectivity index (χ1n) is 10.9. The van der Waals surface area contributed by atoms with Crippen molar-refractivity contribution in [3.05, 3.63) is 70.5 Å². The zero-order valence-electron chi connectivity index (χ0n) is 18.7. The molecular weight excluding hydrogens is 492 g/mol. The molecule has 0 saturated carbocycles. The van der Waals surface area contributed by atoms with Gasteiger partial charge in [0.1, 0.15) is 11.4 Å². The van der Waals surface area contributed by atoms with Crippen molar-refractivity contribution in [3.63, 3.8) is 0 Å². The lowest BCUT2D eigenvalue weighted by Crippen LogP contribution is -2.62. The minimum atomic E-state index is -5.07. The topological polar surface area (TPSA) is 67.9 Å². The van der Waals surface area contributed by atoms with Gasteiger partial charge in [0.05, 0.1) is 0 Å². The van der Waals surface area contributed by atoms with Crippen LogP contribution in [0.5, 0.6) is 0 Å². The molecule has 2 aromatic carbocycles. The summed E-state index contributed by atoms with van der Waals surface area (Å²) in [5.74, 6) is -2.07. The second-order valence-corrected chi connectivity index (χ2v) is 9.06. The highest BCUT2D eigenvalue weighted by Gasteiger charge is 2.64. The Kier molecular flexibility index (Phi) is 6.72. The van der Waals surface area contributed by atoms with E-state index in [4.69, 9.17) is 21.1 Å². The Bertz CT molecular complexity index is 1100. The monoisotopic (exact) mass is 514 g/mol. The smallest absolute Gasteiger partial charge is 0.430 e. The molecule has 6 nitrogen and oxygen atoms in total. The van der Waals surface area contributed by atoms with E-state index in [1.54, 1.807) is 12.1 Å². The van der Waals surface area contributed by atoms with E-state index < -0.39 is 40.8 Å². The first-order valence-corrected chi connectivity index (χ1v) is 11.3. The fraction of sp³-hybridized carbons (Fsp3) is 0.417. The Morgan fingerprint density at radius 2 is 1.83 bits per heavy atom. The van der Waals surface area contributed by atoms with E-state index in [0.29, 0.717) is 5.56 Å². The molecule has 2 amide bonds. The highest BCUT2D eigenvalue weighted by Crippen LogP contribution is 2.46. The van der Waals surface area contributed by atoms with Crippen molar-refractivity contribution in [2.24, 2.45) is 0 Å². The number of likely N-dealkylation sites (tertiary alicyclic amines) is 1. The van der Waals surface area contributed by atoms with Gasteiger partial charge in [0.25, 0.3) is 11.5 Å². The maximum absolute atomic E-state index is 14.4. The minimum Gasteiger partial charge on any atom is -0.442 e. The fourth-order valence-electron chi connectivity index (χ4n) is 4.98. The van der Waals surface area contributed by atoms with Crippen LogP contribution in [0.4, 0.5) is 22.4 Å². The number of hydrogen-bond acceptors (Lipinski definition) is 4. The first-order chi connectivity index (χ1) is 16.5. The summed E-state index contributed by atoms with van der Waals surface area (Å²) in [5.41, 5.74) is -4.01. The number of alkyl carbamates (subject to hydrolysis) is 1. The Labute approximate surface area is 204 Å². The first kappa shape index (κ1) is 25.2. The van der Waals surface area contributed by atoms with Gasteiger partial charge in [-0.2, -0.15) is 13.2 Å². The van der Waals surface area contributed by atoms with Crippen molar-refractivity contribution >= 4 is 23.6 Å². The predicted molar refractivity (Wildman–Crippen MR) is 118 cm³/mol. The standard InChI is InChI=1S/C24H23ClF4N2O4/c1-34-23(24(27,28)29,16-3-2-4-17(25)13-16)20(32)31-11-9-22(10-12-31)19(14-30-21(33)35-22)15-5-7-18(26)8-6-15/h2-8,13,19H,9-12,14H2,1H3,(H,30,33)/t19-,23+/m0/s1. The quantitative estimate of drug-likeness (QED) is 0.597. The molecular formula is C24H23ClF4N2O4. The van der Waals surface area contributed by atoms with Crippen molar-refractivity contribution in [3.8, 4) is 0 Å². The number of amides is 2. The van der Waals surface area contributed by atoms with Gasteiger partial charge in [-0.3, -0.25) is 4.79 Å². The summed E-state index contributed by atoms with van der Waals surface area (Å²) in [7, 11) is 0.830. The summed E-state index contributed by atoms with van der Waals surface area (Å²) in [5, 5.41) is 2.64. The summed E-state index contributed by atoms with van der Waals surface area (Å²) in [6.07, 6.45) is -5.53. The van der Waals surface area contributed by atoms with E-state index in [9.17, 15) is 27.2 Å². The maximum Gasteiger partial charge on any atom is 0.430 e. The van der Waals surface area contributed by atoms with Crippen LogP contribution in [0.3, 0.4) is 0 Å². The van der Waals surface area contributed by atoms with Crippen molar-refractivity contribution in [1.29, 1.82) is 0 Å². The van der Waals surface area contributed by atoms with Crippen molar-refractivity contribution in [2.75, 3.05) is 26.7 Å².